The average molecular weight is 312 g/mol. The van der Waals surface area contributed by atoms with E-state index in [2.05, 4.69) is 21.2 Å². The lowest BCUT2D eigenvalue weighted by atomic mass is 10.0. The molecule has 1 aromatic carbocycles. The summed E-state index contributed by atoms with van der Waals surface area (Å²) in [5.41, 5.74) is 8.40. The molecule has 6 heteroatoms. The summed E-state index contributed by atoms with van der Waals surface area (Å²) in [4.78, 5) is 16.2. The van der Waals surface area contributed by atoms with E-state index in [9.17, 15) is 4.79 Å². The van der Waals surface area contributed by atoms with Gasteiger partial charge in [0, 0.05) is 25.0 Å². The predicted molar refractivity (Wildman–Crippen MR) is 86.5 cm³/mol. The number of benzene rings is 1. The van der Waals surface area contributed by atoms with Crippen molar-refractivity contribution in [2.45, 2.75) is 25.0 Å². The highest BCUT2D eigenvalue weighted by molar-refractivity contribution is 5.82. The van der Waals surface area contributed by atoms with Gasteiger partial charge >= 0.3 is 0 Å². The van der Waals surface area contributed by atoms with Gasteiger partial charge in [-0.05, 0) is 41.8 Å². The second kappa shape index (κ2) is 7.21. The zero-order chi connectivity index (χ0) is 16.1. The fourth-order valence-electron chi connectivity index (χ4n) is 2.60. The van der Waals surface area contributed by atoms with Gasteiger partial charge in [0.05, 0.1) is 7.11 Å². The summed E-state index contributed by atoms with van der Waals surface area (Å²) < 4.78 is 5.16. The molecule has 2 atom stereocenters. The van der Waals surface area contributed by atoms with Gasteiger partial charge in [-0.25, -0.2) is 10.9 Å². The molecule has 0 radical (unpaired) electrons. The van der Waals surface area contributed by atoms with Crippen LogP contribution in [0.3, 0.4) is 0 Å². The fraction of sp³-hybridized carbons (Fsp3) is 0.294. The van der Waals surface area contributed by atoms with Crippen molar-refractivity contribution in [3.8, 4) is 5.75 Å². The van der Waals surface area contributed by atoms with Crippen LogP contribution in [0.25, 0.3) is 0 Å². The maximum atomic E-state index is 12.2. The Kier molecular flexibility index (Phi) is 4.85. The summed E-state index contributed by atoms with van der Waals surface area (Å²) >= 11 is 0. The number of carbonyl (C=O) groups is 1. The number of aromatic nitrogens is 1. The van der Waals surface area contributed by atoms with Crippen molar-refractivity contribution < 1.29 is 9.53 Å². The molecule has 1 aromatic heterocycles. The normalized spacial score (nSPS) is 20.2. The first-order valence-corrected chi connectivity index (χ1v) is 7.58. The minimum Gasteiger partial charge on any atom is -0.497 e. The van der Waals surface area contributed by atoms with Crippen molar-refractivity contribution in [1.29, 1.82) is 0 Å². The second-order valence-electron chi connectivity index (χ2n) is 5.48. The molecule has 0 spiro atoms. The van der Waals surface area contributed by atoms with Crippen molar-refractivity contribution in [3.05, 3.63) is 59.9 Å². The lowest BCUT2D eigenvalue weighted by Gasteiger charge is -2.11. The molecule has 0 aliphatic carbocycles. The maximum absolute atomic E-state index is 12.2. The number of rotatable bonds is 5. The third kappa shape index (κ3) is 3.85. The lowest BCUT2D eigenvalue weighted by molar-refractivity contribution is -0.123. The number of methoxy groups -OCH3 is 1. The first-order valence-electron chi connectivity index (χ1n) is 7.58. The number of ether oxygens (including phenoxy) is 1. The van der Waals surface area contributed by atoms with Gasteiger partial charge in [0.1, 0.15) is 11.8 Å². The summed E-state index contributed by atoms with van der Waals surface area (Å²) in [7, 11) is 1.65. The van der Waals surface area contributed by atoms with Gasteiger partial charge in [-0.2, -0.15) is 0 Å². The van der Waals surface area contributed by atoms with Crippen LogP contribution in [0, 0.1) is 0 Å². The smallest absolute Gasteiger partial charge is 0.238 e. The highest BCUT2D eigenvalue weighted by Crippen LogP contribution is 2.24. The highest BCUT2D eigenvalue weighted by atomic mass is 16.5. The number of hydrogen-bond acceptors (Lipinski definition) is 5. The Morgan fingerprint density at radius 3 is 2.65 bits per heavy atom. The van der Waals surface area contributed by atoms with E-state index in [1.807, 2.05) is 36.4 Å². The van der Waals surface area contributed by atoms with Crippen LogP contribution >= 0.6 is 0 Å². The summed E-state index contributed by atoms with van der Waals surface area (Å²) in [5, 5.41) is 2.94. The van der Waals surface area contributed by atoms with Crippen LogP contribution in [-0.2, 0) is 11.3 Å². The molecule has 0 saturated carbocycles. The Morgan fingerprint density at radius 2 is 1.96 bits per heavy atom. The van der Waals surface area contributed by atoms with Gasteiger partial charge in [0.25, 0.3) is 0 Å². The molecule has 3 rings (SSSR count). The zero-order valence-electron chi connectivity index (χ0n) is 13.0. The number of nitrogens with one attached hydrogen (secondary N) is 3. The van der Waals surface area contributed by atoms with E-state index in [-0.39, 0.29) is 18.0 Å². The monoisotopic (exact) mass is 312 g/mol. The summed E-state index contributed by atoms with van der Waals surface area (Å²) in [5.74, 6) is 0.816. The van der Waals surface area contributed by atoms with E-state index in [1.54, 1.807) is 19.5 Å². The second-order valence-corrected chi connectivity index (χ2v) is 5.48. The van der Waals surface area contributed by atoms with Gasteiger partial charge in [0.2, 0.25) is 5.91 Å². The molecule has 2 unspecified atom stereocenters. The van der Waals surface area contributed by atoms with Gasteiger partial charge in [0.15, 0.2) is 0 Å². The molecule has 23 heavy (non-hydrogen) atoms. The van der Waals surface area contributed by atoms with Crippen molar-refractivity contribution in [3.63, 3.8) is 0 Å². The number of amides is 1. The van der Waals surface area contributed by atoms with E-state index in [4.69, 9.17) is 4.74 Å². The molecule has 1 fully saturated rings. The summed E-state index contributed by atoms with van der Waals surface area (Å²) in [6, 6.07) is 11.5. The topological polar surface area (TPSA) is 75.3 Å². The standard InChI is InChI=1S/C17H20N4O2/c1-23-14-4-2-13(3-5-14)15-10-16(21-20-15)17(22)19-11-12-6-8-18-9-7-12/h2-9,15-16,20-21H,10-11H2,1H3,(H,19,22). The van der Waals surface area contributed by atoms with E-state index in [0.29, 0.717) is 13.0 Å². The van der Waals surface area contributed by atoms with E-state index in [1.165, 1.54) is 0 Å². The minimum atomic E-state index is -0.246. The Bertz CT molecular complexity index is 645. The van der Waals surface area contributed by atoms with Crippen LogP contribution in [-0.4, -0.2) is 24.0 Å². The van der Waals surface area contributed by atoms with Crippen LogP contribution in [0.5, 0.6) is 5.75 Å². The molecule has 1 aliphatic rings. The summed E-state index contributed by atoms with van der Waals surface area (Å²) in [6.07, 6.45) is 4.14. The third-order valence-electron chi connectivity index (χ3n) is 3.95. The first-order chi connectivity index (χ1) is 11.3. The Morgan fingerprint density at radius 1 is 1.22 bits per heavy atom. The molecular formula is C17H20N4O2. The van der Waals surface area contributed by atoms with Crippen molar-refractivity contribution in [1.82, 2.24) is 21.2 Å². The highest BCUT2D eigenvalue weighted by Gasteiger charge is 2.29. The molecule has 2 heterocycles. The Hall–Kier alpha value is -2.44. The van der Waals surface area contributed by atoms with Crippen LogP contribution in [0.1, 0.15) is 23.6 Å². The average Bonchev–Trinajstić information content (AvgIpc) is 3.11. The largest absolute Gasteiger partial charge is 0.497 e. The molecule has 1 aliphatic heterocycles. The van der Waals surface area contributed by atoms with E-state index < -0.39 is 0 Å². The third-order valence-corrected chi connectivity index (χ3v) is 3.95. The molecule has 1 saturated heterocycles. The number of carbonyl (C=O) groups excluding carboxylic acids is 1. The molecular weight excluding hydrogens is 292 g/mol. The quantitative estimate of drug-likeness (QED) is 0.776. The molecule has 2 aromatic rings. The molecule has 120 valence electrons. The SMILES string of the molecule is COc1ccc(C2CC(C(=O)NCc3ccncc3)NN2)cc1. The molecule has 3 N–H and O–H groups in total. The number of hydrogen-bond donors (Lipinski definition) is 3. The molecule has 0 bridgehead atoms. The first kappa shape index (κ1) is 15.5. The van der Waals surface area contributed by atoms with Crippen LogP contribution in [0.2, 0.25) is 0 Å². The molecule has 1 amide bonds. The zero-order valence-corrected chi connectivity index (χ0v) is 13.0. The van der Waals surface area contributed by atoms with Gasteiger partial charge in [-0.3, -0.25) is 9.78 Å². The van der Waals surface area contributed by atoms with E-state index in [0.717, 1.165) is 16.9 Å². The van der Waals surface area contributed by atoms with Crippen molar-refractivity contribution >= 4 is 5.91 Å². The summed E-state index contributed by atoms with van der Waals surface area (Å²) in [6.45, 7) is 0.507. The van der Waals surface area contributed by atoms with Crippen LogP contribution in [0.4, 0.5) is 0 Å². The van der Waals surface area contributed by atoms with Crippen LogP contribution in [0.15, 0.2) is 48.8 Å². The predicted octanol–water partition coefficient (Wildman–Crippen LogP) is 1.31. The number of nitrogens with zero attached hydrogens (tertiary/aromatic N) is 1. The Balaban J connectivity index is 1.53. The molecule has 6 nitrogen and oxygen atoms in total. The minimum absolute atomic E-state index is 0.00896. The van der Waals surface area contributed by atoms with Gasteiger partial charge in [-0.15, -0.1) is 0 Å². The van der Waals surface area contributed by atoms with Crippen molar-refractivity contribution in [2.75, 3.05) is 7.11 Å². The van der Waals surface area contributed by atoms with Gasteiger partial charge in [-0.1, -0.05) is 12.1 Å². The van der Waals surface area contributed by atoms with E-state index >= 15 is 0 Å². The number of pyridine rings is 1. The number of hydrazine groups is 1. The fourth-order valence-corrected chi connectivity index (χ4v) is 2.60. The Labute approximate surface area is 135 Å². The lowest BCUT2D eigenvalue weighted by Crippen LogP contribution is -2.42. The maximum Gasteiger partial charge on any atom is 0.238 e. The van der Waals surface area contributed by atoms with Gasteiger partial charge < -0.3 is 10.1 Å². The van der Waals surface area contributed by atoms with Crippen LogP contribution < -0.4 is 20.9 Å². The van der Waals surface area contributed by atoms with Crippen molar-refractivity contribution in [2.24, 2.45) is 0 Å².